The highest BCUT2D eigenvalue weighted by molar-refractivity contribution is 6.32. The maximum atomic E-state index is 12.4. The van der Waals surface area contributed by atoms with Gasteiger partial charge in [-0.05, 0) is 48.8 Å². The van der Waals surface area contributed by atoms with E-state index < -0.39 is 0 Å². The number of benzene rings is 1. The molecule has 2 fully saturated rings. The van der Waals surface area contributed by atoms with Crippen molar-refractivity contribution in [3.8, 4) is 5.75 Å². The second-order valence-electron chi connectivity index (χ2n) is 6.12. The zero-order valence-electron chi connectivity index (χ0n) is 12.1. The third-order valence-corrected chi connectivity index (χ3v) is 5.26. The second kappa shape index (κ2) is 5.85. The van der Waals surface area contributed by atoms with Crippen LogP contribution in [-0.4, -0.2) is 19.1 Å². The van der Waals surface area contributed by atoms with E-state index in [1.54, 1.807) is 7.11 Å². The lowest BCUT2D eigenvalue weighted by Crippen LogP contribution is -2.45. The van der Waals surface area contributed by atoms with Crippen LogP contribution in [0, 0.1) is 17.8 Å². The molecule has 3 rings (SSSR count). The molecule has 0 radical (unpaired) electrons. The number of hydrogen-bond donors (Lipinski definition) is 2. The number of methoxy groups -OCH3 is 1. The van der Waals surface area contributed by atoms with Crippen molar-refractivity contribution in [2.24, 2.45) is 23.5 Å². The molecule has 2 bridgehead atoms. The van der Waals surface area contributed by atoms with Crippen LogP contribution in [0.2, 0.25) is 5.02 Å². The van der Waals surface area contributed by atoms with Gasteiger partial charge in [0, 0.05) is 12.6 Å². The third-order valence-electron chi connectivity index (χ3n) is 4.97. The highest BCUT2D eigenvalue weighted by Crippen LogP contribution is 2.47. The first-order chi connectivity index (χ1) is 10.1. The first-order valence-electron chi connectivity index (χ1n) is 7.46. The molecule has 4 unspecified atom stereocenters. The van der Waals surface area contributed by atoms with Crippen molar-refractivity contribution in [1.82, 2.24) is 5.32 Å². The van der Waals surface area contributed by atoms with Crippen LogP contribution in [0.5, 0.6) is 5.75 Å². The topological polar surface area (TPSA) is 64.3 Å². The van der Waals surface area contributed by atoms with Crippen molar-refractivity contribution in [1.29, 1.82) is 0 Å². The molecule has 114 valence electrons. The van der Waals surface area contributed by atoms with Gasteiger partial charge in [-0.2, -0.15) is 0 Å². The van der Waals surface area contributed by atoms with Gasteiger partial charge in [0.2, 0.25) is 5.91 Å². The van der Waals surface area contributed by atoms with Crippen LogP contribution >= 0.6 is 11.6 Å². The fraction of sp³-hybridized carbons (Fsp3) is 0.562. The van der Waals surface area contributed by atoms with E-state index in [9.17, 15) is 4.79 Å². The van der Waals surface area contributed by atoms with Crippen LogP contribution in [0.3, 0.4) is 0 Å². The molecular weight excluding hydrogens is 288 g/mol. The zero-order chi connectivity index (χ0) is 15.0. The molecule has 3 N–H and O–H groups in total. The highest BCUT2D eigenvalue weighted by atomic mass is 35.5. The van der Waals surface area contributed by atoms with Gasteiger partial charge in [0.1, 0.15) is 5.75 Å². The molecule has 2 aliphatic carbocycles. The Bertz CT molecular complexity index is 547. The van der Waals surface area contributed by atoms with Gasteiger partial charge in [-0.3, -0.25) is 4.79 Å². The highest BCUT2D eigenvalue weighted by Gasteiger charge is 2.48. The standard InChI is InChI=1S/C16H21ClN2O2/c1-21-13-5-2-9(6-12(13)17)8-19-16(20)14-10-3-4-11(7-10)15(14)18/h2,5-6,10-11,14-15H,3-4,7-8,18H2,1H3,(H,19,20). The lowest BCUT2D eigenvalue weighted by atomic mass is 9.84. The first-order valence-corrected chi connectivity index (χ1v) is 7.83. The number of rotatable bonds is 4. The molecule has 0 aromatic heterocycles. The van der Waals surface area contributed by atoms with Crippen molar-refractivity contribution >= 4 is 17.5 Å². The number of nitrogens with one attached hydrogen (secondary N) is 1. The number of carbonyl (C=O) groups excluding carboxylic acids is 1. The average molecular weight is 309 g/mol. The smallest absolute Gasteiger partial charge is 0.225 e. The Labute approximate surface area is 130 Å². The van der Waals surface area contributed by atoms with Crippen LogP contribution in [0.15, 0.2) is 18.2 Å². The largest absolute Gasteiger partial charge is 0.495 e. The summed E-state index contributed by atoms with van der Waals surface area (Å²) in [4.78, 5) is 12.4. The average Bonchev–Trinajstić information content (AvgIpc) is 3.06. The Morgan fingerprint density at radius 2 is 2.19 bits per heavy atom. The predicted octanol–water partition coefficient (Wildman–Crippen LogP) is 2.34. The number of hydrogen-bond acceptors (Lipinski definition) is 3. The fourth-order valence-electron chi connectivity index (χ4n) is 3.85. The van der Waals surface area contributed by atoms with Crippen LogP contribution in [0.1, 0.15) is 24.8 Å². The SMILES string of the molecule is COc1ccc(CNC(=O)C2C3CCC(C3)C2N)cc1Cl. The van der Waals surface area contributed by atoms with Crippen molar-refractivity contribution < 1.29 is 9.53 Å². The van der Waals surface area contributed by atoms with E-state index in [1.165, 1.54) is 6.42 Å². The van der Waals surface area contributed by atoms with E-state index in [1.807, 2.05) is 18.2 Å². The van der Waals surface area contributed by atoms with Gasteiger partial charge >= 0.3 is 0 Å². The molecule has 5 heteroatoms. The van der Waals surface area contributed by atoms with E-state index in [0.717, 1.165) is 18.4 Å². The molecule has 1 aromatic carbocycles. The summed E-state index contributed by atoms with van der Waals surface area (Å²) in [5.74, 6) is 1.73. The molecule has 4 nitrogen and oxygen atoms in total. The van der Waals surface area contributed by atoms with Crippen molar-refractivity contribution in [3.63, 3.8) is 0 Å². The zero-order valence-corrected chi connectivity index (χ0v) is 12.9. The minimum absolute atomic E-state index is 0.0162. The molecule has 1 aromatic rings. The Balaban J connectivity index is 1.60. The number of fused-ring (bicyclic) bond motifs is 2. The van der Waals surface area contributed by atoms with Gasteiger partial charge in [0.25, 0.3) is 0 Å². The van der Waals surface area contributed by atoms with E-state index in [-0.39, 0.29) is 17.9 Å². The molecule has 21 heavy (non-hydrogen) atoms. The van der Waals surface area contributed by atoms with Crippen LogP contribution in [0.25, 0.3) is 0 Å². The molecule has 1 amide bonds. The summed E-state index contributed by atoms with van der Waals surface area (Å²) >= 11 is 6.09. The summed E-state index contributed by atoms with van der Waals surface area (Å²) in [7, 11) is 1.58. The van der Waals surface area contributed by atoms with Crippen molar-refractivity contribution in [2.45, 2.75) is 31.8 Å². The van der Waals surface area contributed by atoms with Gasteiger partial charge in [0.15, 0.2) is 0 Å². The van der Waals surface area contributed by atoms with Crippen molar-refractivity contribution in [2.75, 3.05) is 7.11 Å². The summed E-state index contributed by atoms with van der Waals surface area (Å²) < 4.78 is 5.12. The monoisotopic (exact) mass is 308 g/mol. The Hall–Kier alpha value is -1.26. The van der Waals surface area contributed by atoms with Gasteiger partial charge in [0.05, 0.1) is 18.1 Å². The lowest BCUT2D eigenvalue weighted by Gasteiger charge is -2.27. The van der Waals surface area contributed by atoms with Crippen LogP contribution < -0.4 is 15.8 Å². The maximum absolute atomic E-state index is 12.4. The Morgan fingerprint density at radius 1 is 1.43 bits per heavy atom. The number of halogens is 1. The van der Waals surface area contributed by atoms with E-state index in [4.69, 9.17) is 22.1 Å². The maximum Gasteiger partial charge on any atom is 0.225 e. The molecule has 0 spiro atoms. The van der Waals surface area contributed by atoms with Gasteiger partial charge in [-0.25, -0.2) is 0 Å². The van der Waals surface area contributed by atoms with Crippen LogP contribution in [-0.2, 0) is 11.3 Å². The summed E-state index contributed by atoms with van der Waals surface area (Å²) in [6.07, 6.45) is 3.45. The normalized spacial score (nSPS) is 30.4. The Kier molecular flexibility index (Phi) is 4.09. The molecule has 0 aliphatic heterocycles. The predicted molar refractivity (Wildman–Crippen MR) is 82.1 cm³/mol. The van der Waals surface area contributed by atoms with Crippen LogP contribution in [0.4, 0.5) is 0 Å². The third kappa shape index (κ3) is 2.74. The van der Waals surface area contributed by atoms with E-state index in [0.29, 0.717) is 29.2 Å². The summed E-state index contributed by atoms with van der Waals surface area (Å²) in [5.41, 5.74) is 7.16. The number of carbonyl (C=O) groups is 1. The number of amides is 1. The summed E-state index contributed by atoms with van der Waals surface area (Å²) in [5, 5.41) is 3.56. The molecule has 2 aliphatic rings. The fourth-order valence-corrected chi connectivity index (χ4v) is 4.13. The van der Waals surface area contributed by atoms with Gasteiger partial charge < -0.3 is 15.8 Å². The molecular formula is C16H21ClN2O2. The number of nitrogens with two attached hydrogens (primary N) is 1. The Morgan fingerprint density at radius 3 is 2.81 bits per heavy atom. The second-order valence-corrected chi connectivity index (χ2v) is 6.53. The minimum Gasteiger partial charge on any atom is -0.495 e. The molecule has 0 saturated heterocycles. The first kappa shape index (κ1) is 14.7. The van der Waals surface area contributed by atoms with Gasteiger partial charge in [-0.1, -0.05) is 17.7 Å². The van der Waals surface area contributed by atoms with E-state index >= 15 is 0 Å². The molecule has 4 atom stereocenters. The van der Waals surface area contributed by atoms with E-state index in [2.05, 4.69) is 5.32 Å². The summed E-state index contributed by atoms with van der Waals surface area (Å²) in [6, 6.07) is 5.57. The molecule has 0 heterocycles. The molecule has 2 saturated carbocycles. The summed E-state index contributed by atoms with van der Waals surface area (Å²) in [6.45, 7) is 0.475. The van der Waals surface area contributed by atoms with Gasteiger partial charge in [-0.15, -0.1) is 0 Å². The van der Waals surface area contributed by atoms with Crippen molar-refractivity contribution in [3.05, 3.63) is 28.8 Å². The minimum atomic E-state index is -0.0162. The number of ether oxygens (including phenoxy) is 1. The lowest BCUT2D eigenvalue weighted by molar-refractivity contribution is -0.127. The quantitative estimate of drug-likeness (QED) is 0.897.